The topological polar surface area (TPSA) is 126 Å². The number of hydrogen-bond donors (Lipinski definition) is 2. The summed E-state index contributed by atoms with van der Waals surface area (Å²) in [7, 11) is 0. The molecule has 3 saturated carbocycles. The number of rotatable bonds is 4. The first-order chi connectivity index (χ1) is 19.0. The Labute approximate surface area is 242 Å². The van der Waals surface area contributed by atoms with Gasteiger partial charge < -0.3 is 10.2 Å². The van der Waals surface area contributed by atoms with Crippen molar-refractivity contribution in [2.24, 2.45) is 34.5 Å². The van der Waals surface area contributed by atoms with Gasteiger partial charge in [0, 0.05) is 11.3 Å². The Morgan fingerprint density at radius 1 is 0.976 bits per heavy atom. The van der Waals surface area contributed by atoms with Crippen LogP contribution in [0, 0.1) is 34.5 Å². The molecule has 5 rings (SSSR count). The Morgan fingerprint density at radius 3 is 2.12 bits per heavy atom. The van der Waals surface area contributed by atoms with E-state index >= 15 is 0 Å². The van der Waals surface area contributed by atoms with Gasteiger partial charge in [-0.3, -0.25) is 24.0 Å². The lowest BCUT2D eigenvalue weighted by Crippen LogP contribution is -2.76. The fraction of sp³-hybridized carbons (Fsp3) is 0.676. The summed E-state index contributed by atoms with van der Waals surface area (Å²) >= 11 is 0. The van der Waals surface area contributed by atoms with E-state index in [9.17, 15) is 34.2 Å². The number of phenolic OH excluding ortho intramolecular Hbond substituents is 1. The minimum atomic E-state index is -2.67. The van der Waals surface area contributed by atoms with Gasteiger partial charge in [-0.1, -0.05) is 66.9 Å². The third-order valence-electron chi connectivity index (χ3n) is 11.1. The van der Waals surface area contributed by atoms with Gasteiger partial charge in [-0.2, -0.15) is 0 Å². The summed E-state index contributed by atoms with van der Waals surface area (Å²) in [4.78, 5) is 69.1. The molecule has 7 heteroatoms. The lowest BCUT2D eigenvalue weighted by atomic mass is 9.39. The molecule has 0 bridgehead atoms. The summed E-state index contributed by atoms with van der Waals surface area (Å²) in [5.41, 5.74) is -2.59. The summed E-state index contributed by atoms with van der Waals surface area (Å²) in [6, 6.07) is 2.05. The van der Waals surface area contributed by atoms with Gasteiger partial charge in [0.15, 0.2) is 28.7 Å². The van der Waals surface area contributed by atoms with E-state index in [1.807, 2.05) is 6.92 Å². The lowest BCUT2D eigenvalue weighted by molar-refractivity contribution is -0.205. The van der Waals surface area contributed by atoms with Gasteiger partial charge in [0.2, 0.25) is 0 Å². The van der Waals surface area contributed by atoms with Crippen LogP contribution in [0.3, 0.4) is 0 Å². The molecule has 3 unspecified atom stereocenters. The number of ketones is 5. The van der Waals surface area contributed by atoms with Crippen molar-refractivity contribution in [3.63, 3.8) is 0 Å². The number of hydrogen-bond acceptors (Lipinski definition) is 7. The Bertz CT molecular complexity index is 1370. The molecule has 0 radical (unpaired) electrons. The summed E-state index contributed by atoms with van der Waals surface area (Å²) in [6.07, 6.45) is 5.44. The van der Waals surface area contributed by atoms with Gasteiger partial charge in [-0.05, 0) is 72.5 Å². The summed E-state index contributed by atoms with van der Waals surface area (Å²) < 4.78 is 0. The maximum Gasteiger partial charge on any atom is 0.190 e. The summed E-state index contributed by atoms with van der Waals surface area (Å²) in [5, 5.41) is 23.9. The molecule has 222 valence electrons. The smallest absolute Gasteiger partial charge is 0.190 e. The van der Waals surface area contributed by atoms with Crippen molar-refractivity contribution in [2.45, 2.75) is 111 Å². The van der Waals surface area contributed by atoms with Gasteiger partial charge >= 0.3 is 0 Å². The van der Waals surface area contributed by atoms with Crippen LogP contribution in [0.5, 0.6) is 5.75 Å². The zero-order chi connectivity index (χ0) is 30.4. The number of benzene rings is 1. The van der Waals surface area contributed by atoms with Crippen molar-refractivity contribution in [3.8, 4) is 5.75 Å². The largest absolute Gasteiger partial charge is 0.507 e. The quantitative estimate of drug-likeness (QED) is 0.478. The molecule has 1 aromatic rings. The van der Waals surface area contributed by atoms with Crippen LogP contribution in [-0.2, 0) is 25.6 Å². The van der Waals surface area contributed by atoms with Crippen molar-refractivity contribution >= 4 is 28.9 Å². The molecule has 0 amide bonds. The molecule has 4 aliphatic carbocycles. The van der Waals surface area contributed by atoms with Gasteiger partial charge in [0.05, 0.1) is 11.5 Å². The average Bonchev–Trinajstić information content (AvgIpc) is 2.86. The highest BCUT2D eigenvalue weighted by Gasteiger charge is 2.76. The van der Waals surface area contributed by atoms with Gasteiger partial charge in [-0.25, -0.2) is 0 Å². The molecular weight excluding hydrogens is 520 g/mol. The number of carbonyl (C=O) groups excluding carboxylic acids is 5. The van der Waals surface area contributed by atoms with Crippen LogP contribution in [0.2, 0.25) is 0 Å². The first kappa shape index (κ1) is 29.8. The predicted octanol–water partition coefficient (Wildman–Crippen LogP) is 5.26. The Hall–Kier alpha value is -2.67. The fourth-order valence-electron chi connectivity index (χ4n) is 9.49. The van der Waals surface area contributed by atoms with Crippen molar-refractivity contribution in [3.05, 3.63) is 28.3 Å². The number of fused-ring (bicyclic) bond motifs is 3. The van der Waals surface area contributed by atoms with Crippen LogP contribution < -0.4 is 0 Å². The van der Waals surface area contributed by atoms with Crippen molar-refractivity contribution in [1.82, 2.24) is 0 Å². The van der Waals surface area contributed by atoms with Crippen LogP contribution in [0.4, 0.5) is 0 Å². The summed E-state index contributed by atoms with van der Waals surface area (Å²) in [5.74, 6) is -8.18. The number of Topliss-reactive ketones (excluding diaryl/α,β-unsaturated/α-hetero) is 5. The number of aromatic hydroxyl groups is 1. The molecule has 0 spiro atoms. The Kier molecular flexibility index (Phi) is 7.04. The third kappa shape index (κ3) is 3.90. The van der Waals surface area contributed by atoms with Crippen molar-refractivity contribution < 1.29 is 34.2 Å². The Balaban J connectivity index is 1.73. The van der Waals surface area contributed by atoms with E-state index in [0.29, 0.717) is 6.42 Å². The molecule has 0 aromatic heterocycles. The second-order valence-corrected chi connectivity index (χ2v) is 14.6. The van der Waals surface area contributed by atoms with Crippen molar-refractivity contribution in [2.75, 3.05) is 0 Å². The first-order valence-electron chi connectivity index (χ1n) is 15.3. The molecule has 4 aliphatic rings. The third-order valence-corrected chi connectivity index (χ3v) is 11.1. The SMILES string of the molecule is CC(=O)C1C(=O)C(C(C)C)[C@@]2(C)C[C@@]3(C)Cc4c(C(C)C)cc(C5CCCCC5)c(O)c4C(=O)C3C(=O)[C@@]2(O)C1=O. The van der Waals surface area contributed by atoms with Crippen LogP contribution in [0.15, 0.2) is 6.07 Å². The predicted molar refractivity (Wildman–Crippen MR) is 153 cm³/mol. The van der Waals surface area contributed by atoms with Gasteiger partial charge in [-0.15, -0.1) is 0 Å². The zero-order valence-corrected chi connectivity index (χ0v) is 25.4. The highest BCUT2D eigenvalue weighted by Crippen LogP contribution is 2.64. The van der Waals surface area contributed by atoms with Crippen LogP contribution in [0.25, 0.3) is 0 Å². The van der Waals surface area contributed by atoms with E-state index in [4.69, 9.17) is 0 Å². The number of aliphatic hydroxyl groups is 1. The second kappa shape index (κ2) is 9.68. The minimum absolute atomic E-state index is 0.0593. The van der Waals surface area contributed by atoms with Gasteiger partial charge in [0.25, 0.3) is 0 Å². The molecule has 41 heavy (non-hydrogen) atoms. The van der Waals surface area contributed by atoms with E-state index in [1.54, 1.807) is 20.8 Å². The number of carbonyl (C=O) groups is 5. The zero-order valence-electron chi connectivity index (χ0n) is 25.4. The van der Waals surface area contributed by atoms with Crippen LogP contribution in [-0.4, -0.2) is 44.7 Å². The first-order valence-corrected chi connectivity index (χ1v) is 15.3. The van der Waals surface area contributed by atoms with E-state index in [1.165, 1.54) is 0 Å². The average molecular weight is 565 g/mol. The lowest BCUT2D eigenvalue weighted by Gasteiger charge is -2.62. The van der Waals surface area contributed by atoms with Gasteiger partial charge in [0.1, 0.15) is 17.5 Å². The molecule has 0 aliphatic heterocycles. The number of phenols is 1. The maximum atomic E-state index is 14.5. The monoisotopic (exact) mass is 564 g/mol. The molecular formula is C34H44O7. The van der Waals surface area contributed by atoms with E-state index < -0.39 is 63.1 Å². The minimum Gasteiger partial charge on any atom is -0.507 e. The second-order valence-electron chi connectivity index (χ2n) is 14.6. The van der Waals surface area contributed by atoms with Crippen LogP contribution in [0.1, 0.15) is 126 Å². The van der Waals surface area contributed by atoms with Crippen molar-refractivity contribution in [1.29, 1.82) is 0 Å². The highest BCUT2D eigenvalue weighted by atomic mass is 16.3. The molecule has 1 aromatic carbocycles. The maximum absolute atomic E-state index is 14.5. The molecule has 2 N–H and O–H groups in total. The molecule has 6 atom stereocenters. The van der Waals surface area contributed by atoms with E-state index in [-0.39, 0.29) is 35.5 Å². The fourth-order valence-corrected chi connectivity index (χ4v) is 9.49. The Morgan fingerprint density at radius 2 is 1.59 bits per heavy atom. The molecule has 7 nitrogen and oxygen atoms in total. The van der Waals surface area contributed by atoms with Crippen LogP contribution >= 0.6 is 0 Å². The molecule has 3 fully saturated rings. The van der Waals surface area contributed by atoms with E-state index in [0.717, 1.165) is 55.7 Å². The molecule has 0 heterocycles. The standard InChI is InChI=1S/C34H44O7/c1-16(2)20-13-21(19-11-9-8-10-12-19)27(36)24-22(20)14-32(6)15-33(7)25(17(3)4)28(37)23(18(5)35)30(39)34(33,41)31(40)26(32)29(24)38/h13,16-17,19,23,25-26,36,41H,8-12,14-15H2,1-7H3/t23?,25?,26?,32-,33-,34+/m1/s1. The summed E-state index contributed by atoms with van der Waals surface area (Å²) in [6.45, 7) is 12.3. The van der Waals surface area contributed by atoms with E-state index in [2.05, 4.69) is 19.9 Å². The molecule has 0 saturated heterocycles. The highest BCUT2D eigenvalue weighted by molar-refractivity contribution is 6.32. The normalized spacial score (nSPS) is 35.9.